The second-order valence-electron chi connectivity index (χ2n) is 4.64. The van der Waals surface area contributed by atoms with Crippen LogP contribution >= 0.6 is 12.2 Å². The molecular formula is C13H18N4OS. The van der Waals surface area contributed by atoms with Crippen LogP contribution < -0.4 is 16.0 Å². The highest BCUT2D eigenvalue weighted by molar-refractivity contribution is 7.80. The quantitative estimate of drug-likeness (QED) is 0.796. The highest BCUT2D eigenvalue weighted by Crippen LogP contribution is 2.22. The largest absolute Gasteiger partial charge is 0.388 e. The fourth-order valence-electron chi connectivity index (χ4n) is 2.34. The van der Waals surface area contributed by atoms with Crippen molar-refractivity contribution in [3.05, 3.63) is 23.9 Å². The second kappa shape index (κ2) is 5.97. The van der Waals surface area contributed by atoms with E-state index < -0.39 is 0 Å². The molecule has 1 aromatic heterocycles. The van der Waals surface area contributed by atoms with Gasteiger partial charge in [-0.1, -0.05) is 18.3 Å². The maximum Gasteiger partial charge on any atom is 0.224 e. The van der Waals surface area contributed by atoms with Crippen LogP contribution in [0.2, 0.25) is 0 Å². The summed E-state index contributed by atoms with van der Waals surface area (Å²) >= 11 is 4.94. The van der Waals surface area contributed by atoms with E-state index in [2.05, 4.69) is 15.2 Å². The molecule has 1 fully saturated rings. The first kappa shape index (κ1) is 13.7. The number of nitrogens with two attached hydrogens (primary N) is 1. The Bertz CT molecular complexity index is 491. The van der Waals surface area contributed by atoms with E-state index in [0.29, 0.717) is 17.2 Å². The number of carbonyl (C=O) groups is 1. The SMILES string of the molecule is CNC(=O)C1CCCN(c2cccc(C(N)=S)n2)C1. The van der Waals surface area contributed by atoms with Crippen molar-refractivity contribution in [2.24, 2.45) is 11.7 Å². The lowest BCUT2D eigenvalue weighted by Crippen LogP contribution is -2.42. The van der Waals surface area contributed by atoms with Gasteiger partial charge in [0.05, 0.1) is 11.6 Å². The zero-order valence-corrected chi connectivity index (χ0v) is 11.7. The molecular weight excluding hydrogens is 260 g/mol. The van der Waals surface area contributed by atoms with Gasteiger partial charge in [-0.3, -0.25) is 4.79 Å². The van der Waals surface area contributed by atoms with Crippen molar-refractivity contribution in [2.75, 3.05) is 25.0 Å². The number of nitrogens with zero attached hydrogens (tertiary/aromatic N) is 2. The van der Waals surface area contributed by atoms with Crippen molar-refractivity contribution in [3.63, 3.8) is 0 Å². The summed E-state index contributed by atoms with van der Waals surface area (Å²) in [7, 11) is 1.67. The Labute approximate surface area is 118 Å². The van der Waals surface area contributed by atoms with Gasteiger partial charge in [-0.25, -0.2) is 4.98 Å². The number of thiocarbonyl (C=S) groups is 1. The first-order valence-electron chi connectivity index (χ1n) is 6.35. The Morgan fingerprint density at radius 3 is 3.05 bits per heavy atom. The van der Waals surface area contributed by atoms with Crippen LogP contribution in [0.15, 0.2) is 18.2 Å². The molecule has 1 aliphatic heterocycles. The molecule has 0 aliphatic carbocycles. The topological polar surface area (TPSA) is 71.2 Å². The summed E-state index contributed by atoms with van der Waals surface area (Å²) in [6.07, 6.45) is 1.90. The van der Waals surface area contributed by atoms with E-state index >= 15 is 0 Å². The van der Waals surface area contributed by atoms with Gasteiger partial charge in [0.15, 0.2) is 0 Å². The van der Waals surface area contributed by atoms with Crippen LogP contribution in [0.1, 0.15) is 18.5 Å². The van der Waals surface area contributed by atoms with Gasteiger partial charge in [0.1, 0.15) is 10.8 Å². The fraction of sp³-hybridized carbons (Fsp3) is 0.462. The number of rotatable bonds is 3. The molecule has 19 heavy (non-hydrogen) atoms. The highest BCUT2D eigenvalue weighted by atomic mass is 32.1. The smallest absolute Gasteiger partial charge is 0.224 e. The van der Waals surface area contributed by atoms with E-state index in [9.17, 15) is 4.79 Å². The molecule has 3 N–H and O–H groups in total. The van der Waals surface area contributed by atoms with Gasteiger partial charge in [-0.05, 0) is 25.0 Å². The number of aromatic nitrogens is 1. The van der Waals surface area contributed by atoms with Crippen LogP contribution in [0.3, 0.4) is 0 Å². The van der Waals surface area contributed by atoms with E-state index in [-0.39, 0.29) is 11.8 Å². The van der Waals surface area contributed by atoms with Crippen molar-refractivity contribution in [3.8, 4) is 0 Å². The molecule has 2 rings (SSSR count). The lowest BCUT2D eigenvalue weighted by atomic mass is 9.97. The van der Waals surface area contributed by atoms with E-state index in [1.807, 2.05) is 12.1 Å². The number of nitrogens with one attached hydrogen (secondary N) is 1. The Morgan fingerprint density at radius 2 is 2.37 bits per heavy atom. The Balaban J connectivity index is 2.15. The number of amides is 1. The normalized spacial score (nSPS) is 19.0. The summed E-state index contributed by atoms with van der Waals surface area (Å²) in [4.78, 5) is 18.6. The van der Waals surface area contributed by atoms with E-state index in [4.69, 9.17) is 18.0 Å². The fourth-order valence-corrected chi connectivity index (χ4v) is 2.45. The molecule has 0 bridgehead atoms. The number of hydrogen-bond acceptors (Lipinski definition) is 4. The zero-order chi connectivity index (χ0) is 13.8. The summed E-state index contributed by atoms with van der Waals surface area (Å²) in [5.74, 6) is 0.947. The number of pyridine rings is 1. The molecule has 0 aromatic carbocycles. The third-order valence-electron chi connectivity index (χ3n) is 3.35. The van der Waals surface area contributed by atoms with Crippen LogP contribution in [-0.2, 0) is 4.79 Å². The molecule has 0 radical (unpaired) electrons. The summed E-state index contributed by atoms with van der Waals surface area (Å²) in [5, 5.41) is 2.71. The zero-order valence-electron chi connectivity index (χ0n) is 10.9. The number of hydrogen-bond donors (Lipinski definition) is 2. The van der Waals surface area contributed by atoms with Crippen molar-refractivity contribution >= 4 is 28.9 Å². The maximum atomic E-state index is 11.7. The third kappa shape index (κ3) is 3.20. The van der Waals surface area contributed by atoms with Gasteiger partial charge in [0, 0.05) is 20.1 Å². The average Bonchev–Trinajstić information content (AvgIpc) is 2.46. The predicted octanol–water partition coefficient (Wildman–Crippen LogP) is 0.678. The molecule has 0 spiro atoms. The molecule has 1 saturated heterocycles. The summed E-state index contributed by atoms with van der Waals surface area (Å²) in [6, 6.07) is 5.61. The lowest BCUT2D eigenvalue weighted by Gasteiger charge is -2.32. The molecule has 0 saturated carbocycles. The minimum atomic E-state index is 0.0223. The van der Waals surface area contributed by atoms with E-state index in [1.54, 1.807) is 13.1 Å². The summed E-state index contributed by atoms with van der Waals surface area (Å²) < 4.78 is 0. The molecule has 1 atom stereocenters. The number of anilines is 1. The molecule has 6 heteroatoms. The van der Waals surface area contributed by atoms with Gasteiger partial charge in [-0.15, -0.1) is 0 Å². The van der Waals surface area contributed by atoms with Gasteiger partial charge in [-0.2, -0.15) is 0 Å². The summed E-state index contributed by atoms with van der Waals surface area (Å²) in [5.41, 5.74) is 6.22. The minimum absolute atomic E-state index is 0.0223. The Morgan fingerprint density at radius 1 is 1.58 bits per heavy atom. The number of carbonyl (C=O) groups excluding carboxylic acids is 1. The average molecular weight is 278 g/mol. The standard InChI is InChI=1S/C13H18N4OS/c1-15-13(18)9-4-3-7-17(8-9)11-6-2-5-10(16-11)12(14)19/h2,5-6,9H,3-4,7-8H2,1H3,(H2,14,19)(H,15,18). The monoisotopic (exact) mass is 278 g/mol. The maximum absolute atomic E-state index is 11.7. The van der Waals surface area contributed by atoms with E-state index in [1.165, 1.54) is 0 Å². The molecule has 102 valence electrons. The lowest BCUT2D eigenvalue weighted by molar-refractivity contribution is -0.124. The van der Waals surface area contributed by atoms with Crippen molar-refractivity contribution in [2.45, 2.75) is 12.8 Å². The van der Waals surface area contributed by atoms with E-state index in [0.717, 1.165) is 25.2 Å². The van der Waals surface area contributed by atoms with Gasteiger partial charge in [0.25, 0.3) is 0 Å². The third-order valence-corrected chi connectivity index (χ3v) is 3.56. The van der Waals surface area contributed by atoms with Gasteiger partial charge in [0.2, 0.25) is 5.91 Å². The molecule has 1 aromatic rings. The van der Waals surface area contributed by atoms with Crippen LogP contribution in [0.25, 0.3) is 0 Å². The van der Waals surface area contributed by atoms with Crippen LogP contribution in [0.5, 0.6) is 0 Å². The van der Waals surface area contributed by atoms with Crippen LogP contribution in [0, 0.1) is 5.92 Å². The first-order chi connectivity index (χ1) is 9.11. The molecule has 1 unspecified atom stereocenters. The second-order valence-corrected chi connectivity index (χ2v) is 5.08. The first-order valence-corrected chi connectivity index (χ1v) is 6.76. The molecule has 5 nitrogen and oxygen atoms in total. The van der Waals surface area contributed by atoms with Gasteiger partial charge >= 0.3 is 0 Å². The molecule has 1 amide bonds. The predicted molar refractivity (Wildman–Crippen MR) is 79.1 cm³/mol. The van der Waals surface area contributed by atoms with Crippen molar-refractivity contribution in [1.29, 1.82) is 0 Å². The molecule has 1 aliphatic rings. The minimum Gasteiger partial charge on any atom is -0.388 e. The molecule has 2 heterocycles. The Hall–Kier alpha value is -1.69. The highest BCUT2D eigenvalue weighted by Gasteiger charge is 2.25. The van der Waals surface area contributed by atoms with Crippen molar-refractivity contribution < 1.29 is 4.79 Å². The number of piperidine rings is 1. The van der Waals surface area contributed by atoms with Crippen LogP contribution in [-0.4, -0.2) is 36.0 Å². The van der Waals surface area contributed by atoms with Crippen LogP contribution in [0.4, 0.5) is 5.82 Å². The Kier molecular flexibility index (Phi) is 4.31. The van der Waals surface area contributed by atoms with Crippen molar-refractivity contribution in [1.82, 2.24) is 10.3 Å². The van der Waals surface area contributed by atoms with Gasteiger partial charge < -0.3 is 16.0 Å². The summed E-state index contributed by atoms with van der Waals surface area (Å²) in [6.45, 7) is 1.59.